The van der Waals surface area contributed by atoms with Crippen LogP contribution in [0.15, 0.2) is 65.6 Å². The molecule has 1 atom stereocenters. The highest BCUT2D eigenvalue weighted by Crippen LogP contribution is 2.31. The van der Waals surface area contributed by atoms with Crippen LogP contribution in [0.2, 0.25) is 0 Å². The van der Waals surface area contributed by atoms with Crippen LogP contribution >= 0.6 is 0 Å². The minimum atomic E-state index is -3.62. The minimum absolute atomic E-state index is 0.114. The molecule has 9 heteroatoms. The number of carbonyl (C=O) groups is 1. The van der Waals surface area contributed by atoms with Crippen LogP contribution < -0.4 is 20.1 Å². The molecule has 0 radical (unpaired) electrons. The molecule has 2 amide bonds. The second kappa shape index (κ2) is 10.6. The molecule has 0 aromatic heterocycles. The molecule has 0 saturated heterocycles. The Balaban J connectivity index is 1.47. The molecule has 2 N–H and O–H groups in total. The minimum Gasteiger partial charge on any atom is -0.496 e. The Bertz CT molecular complexity index is 1370. The maximum absolute atomic E-state index is 13.2. The molecule has 190 valence electrons. The van der Waals surface area contributed by atoms with E-state index >= 15 is 0 Å². The number of hydrogen-bond donors (Lipinski definition) is 2. The zero-order valence-corrected chi connectivity index (χ0v) is 21.7. The van der Waals surface area contributed by atoms with Gasteiger partial charge in [0.2, 0.25) is 0 Å². The number of fused-ring (bicyclic) bond motifs is 1. The van der Waals surface area contributed by atoms with E-state index in [9.17, 15) is 13.2 Å². The van der Waals surface area contributed by atoms with E-state index in [0.717, 1.165) is 29.8 Å². The van der Waals surface area contributed by atoms with E-state index in [1.807, 2.05) is 56.4 Å². The van der Waals surface area contributed by atoms with E-state index in [1.54, 1.807) is 7.11 Å². The number of methoxy groups -OCH3 is 2. The molecule has 0 spiro atoms. The molecule has 4 rings (SSSR count). The van der Waals surface area contributed by atoms with Crippen molar-refractivity contribution in [1.29, 1.82) is 0 Å². The first-order valence-electron chi connectivity index (χ1n) is 11.6. The van der Waals surface area contributed by atoms with Gasteiger partial charge in [-0.2, -0.15) is 0 Å². The Morgan fingerprint density at radius 3 is 2.44 bits per heavy atom. The van der Waals surface area contributed by atoms with Gasteiger partial charge in [0.15, 0.2) is 9.84 Å². The average molecular weight is 510 g/mol. The molecule has 1 aliphatic heterocycles. The number of sulfone groups is 1. The highest BCUT2D eigenvalue weighted by Gasteiger charge is 2.21. The Morgan fingerprint density at radius 1 is 0.972 bits per heavy atom. The Labute approximate surface area is 212 Å². The molecule has 3 aromatic carbocycles. The predicted octanol–water partition coefficient (Wildman–Crippen LogP) is 4.51. The van der Waals surface area contributed by atoms with Crippen LogP contribution in [-0.4, -0.2) is 40.6 Å². The summed E-state index contributed by atoms with van der Waals surface area (Å²) in [5.74, 6) is 0.816. The highest BCUT2D eigenvalue weighted by molar-refractivity contribution is 7.90. The van der Waals surface area contributed by atoms with Crippen LogP contribution in [0.25, 0.3) is 0 Å². The predicted molar refractivity (Wildman–Crippen MR) is 139 cm³/mol. The maximum Gasteiger partial charge on any atom is 0.319 e. The van der Waals surface area contributed by atoms with Crippen LogP contribution in [0.4, 0.5) is 10.5 Å². The van der Waals surface area contributed by atoms with Crippen molar-refractivity contribution in [3.8, 4) is 11.5 Å². The summed E-state index contributed by atoms with van der Waals surface area (Å²) in [6.45, 7) is 3.54. The lowest BCUT2D eigenvalue weighted by Crippen LogP contribution is -2.31. The summed E-state index contributed by atoms with van der Waals surface area (Å²) in [5.41, 5.74) is 4.34. The summed E-state index contributed by atoms with van der Waals surface area (Å²) in [7, 11) is 1.43. The lowest BCUT2D eigenvalue weighted by atomic mass is 10.1. The van der Waals surface area contributed by atoms with Crippen molar-refractivity contribution < 1.29 is 22.7 Å². The number of para-hydroxylation sites is 1. The normalized spacial score (nSPS) is 14.1. The monoisotopic (exact) mass is 509 g/mol. The number of urea groups is 1. The zero-order chi connectivity index (χ0) is 25.9. The summed E-state index contributed by atoms with van der Waals surface area (Å²) in [4.78, 5) is 15.0. The fourth-order valence-electron chi connectivity index (χ4n) is 4.44. The van der Waals surface area contributed by atoms with Crippen LogP contribution in [0.1, 0.15) is 35.2 Å². The lowest BCUT2D eigenvalue weighted by molar-refractivity contribution is 0.249. The van der Waals surface area contributed by atoms with Crippen molar-refractivity contribution >= 4 is 21.6 Å². The van der Waals surface area contributed by atoms with Gasteiger partial charge in [0.1, 0.15) is 11.5 Å². The SMILES string of the molecule is COc1cc(S(=O)(=O)Cc2ccc3c(c2)CN(C)C3)ccc1NC(=O)NC(C)c1ccccc1OC. The summed E-state index contributed by atoms with van der Waals surface area (Å²) < 4.78 is 37.1. The highest BCUT2D eigenvalue weighted by atomic mass is 32.2. The van der Waals surface area contributed by atoms with E-state index in [1.165, 1.54) is 30.9 Å². The first-order chi connectivity index (χ1) is 17.2. The van der Waals surface area contributed by atoms with Gasteiger partial charge in [-0.3, -0.25) is 4.90 Å². The van der Waals surface area contributed by atoms with Crippen molar-refractivity contribution in [1.82, 2.24) is 10.2 Å². The van der Waals surface area contributed by atoms with E-state index in [2.05, 4.69) is 15.5 Å². The number of hydrogen-bond acceptors (Lipinski definition) is 6. The number of nitrogens with zero attached hydrogens (tertiary/aromatic N) is 1. The molecule has 0 aliphatic carbocycles. The second-order valence-corrected chi connectivity index (χ2v) is 10.9. The topological polar surface area (TPSA) is 97.0 Å². The quantitative estimate of drug-likeness (QED) is 0.464. The average Bonchev–Trinajstić information content (AvgIpc) is 3.23. The zero-order valence-electron chi connectivity index (χ0n) is 20.9. The third-order valence-corrected chi connectivity index (χ3v) is 7.93. The molecule has 0 saturated carbocycles. The molecule has 1 unspecified atom stereocenters. The first-order valence-corrected chi connectivity index (χ1v) is 13.3. The van der Waals surface area contributed by atoms with Gasteiger partial charge in [0.25, 0.3) is 0 Å². The van der Waals surface area contributed by atoms with Gasteiger partial charge in [-0.15, -0.1) is 0 Å². The number of anilines is 1. The molecule has 1 heterocycles. The van der Waals surface area contributed by atoms with Crippen LogP contribution in [0.5, 0.6) is 11.5 Å². The van der Waals surface area contributed by atoms with Crippen molar-refractivity contribution in [3.05, 3.63) is 82.9 Å². The number of carbonyl (C=O) groups excluding carboxylic acids is 1. The van der Waals surface area contributed by atoms with Crippen molar-refractivity contribution in [2.24, 2.45) is 0 Å². The Morgan fingerprint density at radius 2 is 1.69 bits per heavy atom. The number of nitrogens with one attached hydrogen (secondary N) is 2. The number of ether oxygens (including phenoxy) is 2. The summed E-state index contributed by atoms with van der Waals surface area (Å²) in [6.07, 6.45) is 0. The number of amides is 2. The van der Waals surface area contributed by atoms with E-state index < -0.39 is 15.9 Å². The lowest BCUT2D eigenvalue weighted by Gasteiger charge is -2.18. The van der Waals surface area contributed by atoms with Gasteiger partial charge in [-0.05, 0) is 48.9 Å². The summed E-state index contributed by atoms with van der Waals surface area (Å²) >= 11 is 0. The van der Waals surface area contributed by atoms with Gasteiger partial charge in [-0.25, -0.2) is 13.2 Å². The molecule has 0 bridgehead atoms. The maximum atomic E-state index is 13.2. The Kier molecular flexibility index (Phi) is 7.51. The molecular formula is C27H31N3O5S. The fourth-order valence-corrected chi connectivity index (χ4v) is 5.78. The molecular weight excluding hydrogens is 478 g/mol. The van der Waals surface area contributed by atoms with Crippen molar-refractivity contribution in [2.75, 3.05) is 26.6 Å². The molecule has 0 fully saturated rings. The fraction of sp³-hybridized carbons (Fsp3) is 0.296. The third kappa shape index (κ3) is 5.63. The second-order valence-electron chi connectivity index (χ2n) is 8.96. The van der Waals surface area contributed by atoms with Gasteiger partial charge >= 0.3 is 6.03 Å². The van der Waals surface area contributed by atoms with Crippen molar-refractivity contribution in [2.45, 2.75) is 36.7 Å². The summed E-state index contributed by atoms with van der Waals surface area (Å²) in [5, 5.41) is 5.61. The first kappa shape index (κ1) is 25.5. The molecule has 8 nitrogen and oxygen atoms in total. The van der Waals surface area contributed by atoms with Gasteiger partial charge in [-0.1, -0.05) is 36.4 Å². The summed E-state index contributed by atoms with van der Waals surface area (Å²) in [6, 6.07) is 17.0. The van der Waals surface area contributed by atoms with Gasteiger partial charge in [0, 0.05) is 24.7 Å². The van der Waals surface area contributed by atoms with Gasteiger partial charge < -0.3 is 20.1 Å². The molecule has 3 aromatic rings. The van der Waals surface area contributed by atoms with Crippen molar-refractivity contribution in [3.63, 3.8) is 0 Å². The van der Waals surface area contributed by atoms with Crippen LogP contribution in [-0.2, 0) is 28.7 Å². The standard InChI is InChI=1S/C27H31N3O5S/c1-18(23-7-5-6-8-25(23)34-3)28-27(31)29-24-12-11-22(14-26(24)35-4)36(32,33)17-19-9-10-20-15-30(2)16-21(20)13-19/h5-14,18H,15-17H2,1-4H3,(H2,28,29,31). The van der Waals surface area contributed by atoms with Gasteiger partial charge in [0.05, 0.1) is 36.6 Å². The van der Waals surface area contributed by atoms with E-state index in [-0.39, 0.29) is 22.4 Å². The molecule has 36 heavy (non-hydrogen) atoms. The van der Waals surface area contributed by atoms with E-state index in [4.69, 9.17) is 9.47 Å². The number of benzene rings is 3. The van der Waals surface area contributed by atoms with Crippen LogP contribution in [0, 0.1) is 0 Å². The third-order valence-electron chi connectivity index (χ3n) is 6.24. The number of rotatable bonds is 8. The molecule has 1 aliphatic rings. The Hall–Kier alpha value is -3.56. The largest absolute Gasteiger partial charge is 0.496 e. The van der Waals surface area contributed by atoms with Crippen LogP contribution in [0.3, 0.4) is 0 Å². The van der Waals surface area contributed by atoms with E-state index in [0.29, 0.717) is 11.4 Å². The smallest absolute Gasteiger partial charge is 0.319 e.